The maximum atomic E-state index is 11.0. The lowest BCUT2D eigenvalue weighted by Crippen LogP contribution is -2.44. The molecular formula is C12H21NO3. The molecule has 1 fully saturated rings. The van der Waals surface area contributed by atoms with E-state index in [4.69, 9.17) is 5.11 Å². The highest BCUT2D eigenvalue weighted by molar-refractivity contribution is 5.73. The average Bonchev–Trinajstić information content (AvgIpc) is 2.29. The number of carboxylic acids is 1. The Kier molecular flexibility index (Phi) is 6.08. The van der Waals surface area contributed by atoms with Crippen molar-refractivity contribution in [1.82, 2.24) is 5.32 Å². The predicted octanol–water partition coefficient (Wildman–Crippen LogP) is 1.73. The summed E-state index contributed by atoms with van der Waals surface area (Å²) in [6.45, 7) is 0. The Morgan fingerprint density at radius 2 is 2.06 bits per heavy atom. The van der Waals surface area contributed by atoms with Gasteiger partial charge in [0.25, 0.3) is 0 Å². The Hall–Kier alpha value is -0.900. The number of rotatable bonds is 7. The van der Waals surface area contributed by atoms with Gasteiger partial charge >= 0.3 is 5.97 Å². The van der Waals surface area contributed by atoms with Crippen molar-refractivity contribution in [2.24, 2.45) is 0 Å². The standard InChI is InChI=1S/C12H21NO3/c14-9-5-4-8-11(12(15)16)13-10-6-2-1-3-7-10/h9-11,13H,1-8H2,(H,15,16)/t11-/m0/s1. The van der Waals surface area contributed by atoms with E-state index in [9.17, 15) is 9.59 Å². The molecule has 0 aliphatic heterocycles. The Bertz CT molecular complexity index is 224. The molecule has 0 aromatic carbocycles. The zero-order chi connectivity index (χ0) is 11.8. The van der Waals surface area contributed by atoms with Gasteiger partial charge in [0.1, 0.15) is 12.3 Å². The van der Waals surface area contributed by atoms with E-state index in [-0.39, 0.29) is 0 Å². The topological polar surface area (TPSA) is 66.4 Å². The van der Waals surface area contributed by atoms with Crippen molar-refractivity contribution in [1.29, 1.82) is 0 Å². The number of carboxylic acid groups (broad SMARTS) is 1. The molecule has 16 heavy (non-hydrogen) atoms. The van der Waals surface area contributed by atoms with Crippen LogP contribution in [0.15, 0.2) is 0 Å². The van der Waals surface area contributed by atoms with E-state index in [1.807, 2.05) is 0 Å². The van der Waals surface area contributed by atoms with E-state index in [2.05, 4.69) is 5.32 Å². The lowest BCUT2D eigenvalue weighted by molar-refractivity contribution is -0.140. The molecule has 0 spiro atoms. The maximum Gasteiger partial charge on any atom is 0.320 e. The van der Waals surface area contributed by atoms with Crippen molar-refractivity contribution < 1.29 is 14.7 Å². The maximum absolute atomic E-state index is 11.0. The van der Waals surface area contributed by atoms with Gasteiger partial charge in [0.2, 0.25) is 0 Å². The number of carbonyl (C=O) groups excluding carboxylic acids is 1. The van der Waals surface area contributed by atoms with Gasteiger partial charge in [-0.1, -0.05) is 19.3 Å². The van der Waals surface area contributed by atoms with Gasteiger partial charge in [-0.25, -0.2) is 0 Å². The van der Waals surface area contributed by atoms with Crippen molar-refractivity contribution >= 4 is 12.3 Å². The van der Waals surface area contributed by atoms with E-state index in [1.165, 1.54) is 19.3 Å². The summed E-state index contributed by atoms with van der Waals surface area (Å²) in [4.78, 5) is 21.2. The molecule has 0 radical (unpaired) electrons. The van der Waals surface area contributed by atoms with Crippen molar-refractivity contribution in [2.45, 2.75) is 63.5 Å². The van der Waals surface area contributed by atoms with Crippen LogP contribution in [-0.2, 0) is 9.59 Å². The molecule has 4 heteroatoms. The van der Waals surface area contributed by atoms with E-state index in [0.29, 0.717) is 25.3 Å². The first kappa shape index (κ1) is 13.2. The summed E-state index contributed by atoms with van der Waals surface area (Å²) in [5.41, 5.74) is 0. The Morgan fingerprint density at radius 3 is 2.62 bits per heavy atom. The third kappa shape index (κ3) is 4.75. The third-order valence-electron chi connectivity index (χ3n) is 3.15. The highest BCUT2D eigenvalue weighted by Crippen LogP contribution is 2.18. The second-order valence-electron chi connectivity index (χ2n) is 4.49. The van der Waals surface area contributed by atoms with Crippen molar-refractivity contribution in [3.63, 3.8) is 0 Å². The molecule has 0 unspecified atom stereocenters. The van der Waals surface area contributed by atoms with Crippen LogP contribution in [0.25, 0.3) is 0 Å². The van der Waals surface area contributed by atoms with Crippen LogP contribution in [-0.4, -0.2) is 29.4 Å². The number of aldehydes is 1. The third-order valence-corrected chi connectivity index (χ3v) is 3.15. The molecular weight excluding hydrogens is 206 g/mol. The summed E-state index contributed by atoms with van der Waals surface area (Å²) in [5, 5.41) is 12.3. The zero-order valence-corrected chi connectivity index (χ0v) is 9.65. The van der Waals surface area contributed by atoms with Crippen molar-refractivity contribution in [3.8, 4) is 0 Å². The van der Waals surface area contributed by atoms with Crippen LogP contribution < -0.4 is 5.32 Å². The van der Waals surface area contributed by atoms with Gasteiger partial charge in [-0.15, -0.1) is 0 Å². The van der Waals surface area contributed by atoms with Gasteiger partial charge in [-0.2, -0.15) is 0 Å². The lowest BCUT2D eigenvalue weighted by Gasteiger charge is -2.26. The highest BCUT2D eigenvalue weighted by Gasteiger charge is 2.22. The molecule has 1 aliphatic carbocycles. The second kappa shape index (κ2) is 7.39. The molecule has 4 nitrogen and oxygen atoms in total. The van der Waals surface area contributed by atoms with Crippen LogP contribution in [0.2, 0.25) is 0 Å². The molecule has 0 bridgehead atoms. The van der Waals surface area contributed by atoms with Gasteiger partial charge < -0.3 is 15.2 Å². The number of aliphatic carboxylic acids is 1. The molecule has 1 rings (SSSR count). The van der Waals surface area contributed by atoms with Crippen LogP contribution in [0.5, 0.6) is 0 Å². The minimum Gasteiger partial charge on any atom is -0.480 e. The molecule has 1 saturated carbocycles. The monoisotopic (exact) mass is 227 g/mol. The fourth-order valence-corrected chi connectivity index (χ4v) is 2.24. The first-order valence-corrected chi connectivity index (χ1v) is 6.16. The first-order chi connectivity index (χ1) is 7.74. The van der Waals surface area contributed by atoms with E-state index in [0.717, 1.165) is 19.1 Å². The second-order valence-corrected chi connectivity index (χ2v) is 4.49. The molecule has 0 saturated heterocycles. The van der Waals surface area contributed by atoms with E-state index < -0.39 is 12.0 Å². The fraction of sp³-hybridized carbons (Fsp3) is 0.833. The predicted molar refractivity (Wildman–Crippen MR) is 61.3 cm³/mol. The number of nitrogens with one attached hydrogen (secondary N) is 1. The minimum absolute atomic E-state index is 0.353. The largest absolute Gasteiger partial charge is 0.480 e. The number of hydrogen-bond acceptors (Lipinski definition) is 3. The summed E-state index contributed by atoms with van der Waals surface area (Å²) < 4.78 is 0. The Labute approximate surface area is 96.4 Å². The van der Waals surface area contributed by atoms with Crippen LogP contribution in [0, 0.1) is 0 Å². The van der Waals surface area contributed by atoms with Crippen molar-refractivity contribution in [2.75, 3.05) is 0 Å². The van der Waals surface area contributed by atoms with Crippen LogP contribution in [0.4, 0.5) is 0 Å². The van der Waals surface area contributed by atoms with Crippen LogP contribution in [0.3, 0.4) is 0 Å². The molecule has 0 aromatic heterocycles. The number of hydrogen-bond donors (Lipinski definition) is 2. The van der Waals surface area contributed by atoms with E-state index in [1.54, 1.807) is 0 Å². The smallest absolute Gasteiger partial charge is 0.320 e. The molecule has 1 aliphatic rings. The zero-order valence-electron chi connectivity index (χ0n) is 9.65. The van der Waals surface area contributed by atoms with Gasteiger partial charge in [-0.05, 0) is 25.7 Å². The summed E-state index contributed by atoms with van der Waals surface area (Å²) >= 11 is 0. The number of carbonyl (C=O) groups is 2. The molecule has 0 amide bonds. The Balaban J connectivity index is 2.31. The van der Waals surface area contributed by atoms with Gasteiger partial charge in [0.05, 0.1) is 0 Å². The minimum atomic E-state index is -0.795. The fourth-order valence-electron chi connectivity index (χ4n) is 2.24. The average molecular weight is 227 g/mol. The lowest BCUT2D eigenvalue weighted by atomic mass is 9.94. The summed E-state index contributed by atoms with van der Waals surface area (Å²) in [6, 6.07) is -0.130. The Morgan fingerprint density at radius 1 is 1.38 bits per heavy atom. The molecule has 92 valence electrons. The van der Waals surface area contributed by atoms with Gasteiger partial charge in [0.15, 0.2) is 0 Å². The van der Waals surface area contributed by atoms with Crippen LogP contribution in [0.1, 0.15) is 51.4 Å². The van der Waals surface area contributed by atoms with Gasteiger partial charge in [0, 0.05) is 12.5 Å². The first-order valence-electron chi connectivity index (χ1n) is 6.16. The van der Waals surface area contributed by atoms with Gasteiger partial charge in [-0.3, -0.25) is 4.79 Å². The normalized spacial score (nSPS) is 19.2. The SMILES string of the molecule is O=CCCC[C@H](NC1CCCCC1)C(=O)O. The summed E-state index contributed by atoms with van der Waals surface area (Å²) in [7, 11) is 0. The number of unbranched alkanes of at least 4 members (excludes halogenated alkanes) is 1. The molecule has 0 heterocycles. The quantitative estimate of drug-likeness (QED) is 0.513. The summed E-state index contributed by atoms with van der Waals surface area (Å²) in [5.74, 6) is -0.795. The van der Waals surface area contributed by atoms with E-state index >= 15 is 0 Å². The molecule has 2 N–H and O–H groups in total. The summed E-state index contributed by atoms with van der Waals surface area (Å²) in [6.07, 6.45) is 8.31. The molecule has 1 atom stereocenters. The van der Waals surface area contributed by atoms with Crippen LogP contribution >= 0.6 is 0 Å². The van der Waals surface area contributed by atoms with Crippen molar-refractivity contribution in [3.05, 3.63) is 0 Å². The molecule has 0 aromatic rings. The highest BCUT2D eigenvalue weighted by atomic mass is 16.4.